The molecule has 3 N–H and O–H groups in total. The molecule has 28 heavy (non-hydrogen) atoms. The summed E-state index contributed by atoms with van der Waals surface area (Å²) in [5.74, 6) is 0. The van der Waals surface area contributed by atoms with E-state index in [1.165, 1.54) is 0 Å². The first kappa shape index (κ1) is 37.8. The number of nitrogens with one attached hydrogen (secondary N) is 3. The Balaban J connectivity index is -0.000000152. The first-order chi connectivity index (χ1) is 11.1. The summed E-state index contributed by atoms with van der Waals surface area (Å²) < 4.78 is 11.2. The Morgan fingerprint density at radius 1 is 0.250 bits per heavy atom. The van der Waals surface area contributed by atoms with Gasteiger partial charge in [-0.05, 0) is 0 Å². The summed E-state index contributed by atoms with van der Waals surface area (Å²) in [6.45, 7) is 42.3. The van der Waals surface area contributed by atoms with Crippen LogP contribution >= 0.6 is 0 Å². The van der Waals surface area contributed by atoms with Crippen molar-refractivity contribution in [2.75, 3.05) is 0 Å². The van der Waals surface area contributed by atoms with Crippen molar-refractivity contribution in [3.63, 3.8) is 0 Å². The van der Waals surface area contributed by atoms with Gasteiger partial charge in [-0.25, -0.2) is 0 Å². The number of hydrogen-bond donors (Lipinski definition) is 3. The largest absolute Gasteiger partial charge is 0.360 e. The molecule has 171 valence electrons. The van der Waals surface area contributed by atoms with Crippen molar-refractivity contribution in [3.8, 4) is 0 Å². The predicted octanol–water partition coefficient (Wildman–Crippen LogP) is 6.74. The van der Waals surface area contributed by atoms with Gasteiger partial charge in [0.2, 0.25) is 0 Å². The van der Waals surface area contributed by atoms with Crippen LogP contribution in [0.1, 0.15) is 0 Å². The van der Waals surface area contributed by atoms with Crippen LogP contribution in [0.15, 0.2) is 0 Å². The first-order valence-corrected chi connectivity index (χ1v) is 31.5. The van der Waals surface area contributed by atoms with E-state index in [1.54, 1.807) is 0 Å². The zero-order valence-electron chi connectivity index (χ0n) is 23.1. The SMILES string of the molecule is C[Si](C)(C)N[Si](C)(C)C.C[Si](C)(C)N[Si](C)(C)C.C[Si](C)(C)N[Si](C)(C)C.[Pr]. The topological polar surface area (TPSA) is 36.1 Å². The molecule has 0 aliphatic rings. The zero-order valence-corrected chi connectivity index (χ0v) is 32.8. The summed E-state index contributed by atoms with van der Waals surface area (Å²) in [5.41, 5.74) is 0. The van der Waals surface area contributed by atoms with Gasteiger partial charge < -0.3 is 13.9 Å². The van der Waals surface area contributed by atoms with Crippen LogP contribution in [-0.2, 0) is 0 Å². The second kappa shape index (κ2) is 13.9. The van der Waals surface area contributed by atoms with Crippen molar-refractivity contribution in [1.29, 1.82) is 0 Å². The number of hydrogen-bond acceptors (Lipinski definition) is 3. The Labute approximate surface area is 220 Å². The molecular weight excluding hydrogens is 568 g/mol. The third kappa shape index (κ3) is 51.3. The molecule has 0 heterocycles. The van der Waals surface area contributed by atoms with E-state index in [9.17, 15) is 0 Å². The summed E-state index contributed by atoms with van der Waals surface area (Å²) in [6.07, 6.45) is 0. The monoisotopic (exact) mass is 624 g/mol. The van der Waals surface area contributed by atoms with Crippen molar-refractivity contribution in [2.24, 2.45) is 0 Å². The minimum Gasteiger partial charge on any atom is -0.360 e. The van der Waals surface area contributed by atoms with Gasteiger partial charge in [-0.3, -0.25) is 0 Å². The second-order valence-corrected chi connectivity index (χ2v) is 43.9. The van der Waals surface area contributed by atoms with Gasteiger partial charge in [0.25, 0.3) is 0 Å². The van der Waals surface area contributed by atoms with Crippen LogP contribution in [0.4, 0.5) is 0 Å². The molecule has 3 nitrogen and oxygen atoms in total. The average Bonchev–Trinajstić information content (AvgIpc) is 1.96. The average molecular weight is 625 g/mol. The van der Waals surface area contributed by atoms with Crippen molar-refractivity contribution in [2.45, 2.75) is 118 Å². The minimum atomic E-state index is -0.981. The van der Waals surface area contributed by atoms with E-state index in [4.69, 9.17) is 0 Å². The van der Waals surface area contributed by atoms with Gasteiger partial charge in [0.05, 0.1) is 0 Å². The molecule has 0 bridgehead atoms. The first-order valence-electron chi connectivity index (χ1n) is 10.5. The van der Waals surface area contributed by atoms with E-state index in [0.717, 1.165) is 0 Å². The second-order valence-electron chi connectivity index (χ2n) is 13.9. The van der Waals surface area contributed by atoms with E-state index in [2.05, 4.69) is 132 Å². The molecule has 0 rings (SSSR count). The van der Waals surface area contributed by atoms with E-state index in [1.807, 2.05) is 0 Å². The zero-order chi connectivity index (χ0) is 23.1. The molecule has 0 spiro atoms. The maximum atomic E-state index is 3.74. The van der Waals surface area contributed by atoms with Crippen LogP contribution in [-0.4, -0.2) is 49.4 Å². The molecule has 0 fully saturated rings. The third-order valence-electron chi connectivity index (χ3n) is 2.25. The number of rotatable bonds is 6. The Hall–Kier alpha value is 2.54. The van der Waals surface area contributed by atoms with Crippen molar-refractivity contribution in [3.05, 3.63) is 0 Å². The van der Waals surface area contributed by atoms with Gasteiger partial charge >= 0.3 is 0 Å². The molecule has 0 aliphatic heterocycles. The van der Waals surface area contributed by atoms with Crippen LogP contribution in [0.25, 0.3) is 0 Å². The van der Waals surface area contributed by atoms with Crippen molar-refractivity contribution >= 4 is 49.4 Å². The predicted molar refractivity (Wildman–Crippen MR) is 149 cm³/mol. The fourth-order valence-electron chi connectivity index (χ4n) is 3.38. The third-order valence-corrected chi connectivity index (χ3v) is 20.2. The fraction of sp³-hybridized carbons (Fsp3) is 1.00. The molecule has 0 aromatic carbocycles. The van der Waals surface area contributed by atoms with Gasteiger partial charge in [-0.1, -0.05) is 118 Å². The standard InChI is InChI=1S/3C6H19NSi2.Pr/c3*1-8(2,3)7-9(4,5)6;/h3*7H,1-6H3;. The van der Waals surface area contributed by atoms with E-state index < -0.39 is 49.4 Å². The molecule has 0 aromatic heterocycles. The Kier molecular flexibility index (Phi) is 18.8. The van der Waals surface area contributed by atoms with Crippen molar-refractivity contribution < 1.29 is 41.3 Å². The quantitative estimate of drug-likeness (QED) is 0.287. The molecule has 0 saturated heterocycles. The summed E-state index contributed by atoms with van der Waals surface area (Å²) in [7, 11) is -5.89. The molecule has 0 amide bonds. The summed E-state index contributed by atoms with van der Waals surface area (Å²) in [5, 5.41) is 0. The summed E-state index contributed by atoms with van der Waals surface area (Å²) in [4.78, 5) is 0. The fourth-order valence-corrected chi connectivity index (χ4v) is 30.4. The minimum absolute atomic E-state index is 0. The molecule has 0 aliphatic carbocycles. The molecular formula is C18H57N3PrSi6. The van der Waals surface area contributed by atoms with Gasteiger partial charge in [0.15, 0.2) is 0 Å². The summed E-state index contributed by atoms with van der Waals surface area (Å²) in [6, 6.07) is 0. The van der Waals surface area contributed by atoms with Gasteiger partial charge in [-0.15, -0.1) is 0 Å². The van der Waals surface area contributed by atoms with E-state index in [-0.39, 0.29) is 41.3 Å². The Morgan fingerprint density at radius 2 is 0.321 bits per heavy atom. The molecule has 0 saturated carbocycles. The van der Waals surface area contributed by atoms with Gasteiger partial charge in [0, 0.05) is 41.3 Å². The van der Waals surface area contributed by atoms with Crippen LogP contribution in [0.3, 0.4) is 0 Å². The van der Waals surface area contributed by atoms with Crippen LogP contribution in [0.5, 0.6) is 0 Å². The summed E-state index contributed by atoms with van der Waals surface area (Å²) >= 11 is 0. The van der Waals surface area contributed by atoms with Crippen molar-refractivity contribution in [1.82, 2.24) is 13.9 Å². The van der Waals surface area contributed by atoms with Crippen LogP contribution in [0, 0.1) is 41.3 Å². The van der Waals surface area contributed by atoms with Gasteiger partial charge in [-0.2, -0.15) is 0 Å². The van der Waals surface area contributed by atoms with E-state index in [0.29, 0.717) is 0 Å². The maximum absolute atomic E-state index is 3.74. The van der Waals surface area contributed by atoms with Gasteiger partial charge in [0.1, 0.15) is 49.4 Å². The normalized spacial score (nSPS) is 13.5. The molecule has 0 atom stereocenters. The molecule has 0 unspecified atom stereocenters. The molecule has 0 aromatic rings. The molecule has 10 heteroatoms. The Morgan fingerprint density at radius 3 is 0.321 bits per heavy atom. The van der Waals surface area contributed by atoms with E-state index >= 15 is 0 Å². The van der Waals surface area contributed by atoms with Crippen LogP contribution in [0.2, 0.25) is 118 Å². The Bertz CT molecular complexity index is 297. The molecule has 1 radical (unpaired) electrons. The smallest absolute Gasteiger partial charge is 0.109 e. The maximum Gasteiger partial charge on any atom is 0.109 e. The van der Waals surface area contributed by atoms with Crippen LogP contribution < -0.4 is 13.9 Å².